The second-order valence-electron chi connectivity index (χ2n) is 29.8. The van der Waals surface area contributed by atoms with Crippen molar-refractivity contribution in [3.63, 3.8) is 0 Å². The SMILES string of the molecule is COc1c2c3c4c(O)c(c5c6c4c1CCC6=CC1CCCC51)C(=O)CN1Cc4c(cccc4C1=O)CC#COC1C(O)C(OC(O3)C1(O)CO)C1OC(C=C2)c2c[nH]c3cc4c5c(c23)CC(CC1CCC1(O)CCCC1)CC1CC2CCCC2(O)CC51CC4. The highest BCUT2D eigenvalue weighted by Crippen LogP contribution is 2.66. The van der Waals surface area contributed by atoms with E-state index in [2.05, 4.69) is 35.4 Å². The Morgan fingerprint density at radius 2 is 1.74 bits per heavy atom. The highest BCUT2D eigenvalue weighted by atomic mass is 16.7. The third-order valence-corrected chi connectivity index (χ3v) is 25.4. The molecule has 5 fully saturated rings. The standard InChI is InChI=1S/C74H80N2O13/c1-85-65-47-15-14-40-29-39-9-5-12-45(39)57-55(40)58(47)60-62(79)59(57)53(78)34-76-33-51-38(8-4-13-46(51)69(76)81)10-7-25-86-68-63(80)67-64-42(18-23-71(82)20-2-3-21-71)26-37-27-44-31-43-11-6-22-73(43,83)35-72(44)24-19-41-30-52-56(49(28-37)61(41)72)50(32-75-52)54(87-64)17-16-48(65)66(60)88-70(89-67)74(68,84)36-77/h4,8,13,16-17,29-30,32,37,39,42-45,54,63-64,67-68,70,75,77,79-80,82-84H,2-3,5-6,9-12,14-15,18-24,26-28,31,33-36H2,1H3. The molecule has 89 heavy (non-hydrogen) atoms. The van der Waals surface area contributed by atoms with E-state index in [0.717, 1.165) is 140 Å². The Bertz CT molecular complexity index is 4030. The summed E-state index contributed by atoms with van der Waals surface area (Å²) in [5, 5.41) is 79.7. The molecule has 8 aliphatic carbocycles. The van der Waals surface area contributed by atoms with Crippen LogP contribution in [-0.2, 0) is 51.9 Å². The maximum atomic E-state index is 15.8. The molecule has 0 radical (unpaired) electrons. The number of aliphatic hydroxyl groups is 5. The lowest BCUT2D eigenvalue weighted by Gasteiger charge is -2.52. The largest absolute Gasteiger partial charge is 0.506 e. The van der Waals surface area contributed by atoms with E-state index in [1.807, 2.05) is 18.2 Å². The lowest BCUT2D eigenvalue weighted by atomic mass is 9.55. The molecule has 6 heterocycles. The van der Waals surface area contributed by atoms with Gasteiger partial charge < -0.3 is 64.2 Å². The first-order valence-corrected chi connectivity index (χ1v) is 33.7. The summed E-state index contributed by atoms with van der Waals surface area (Å²) in [4.78, 5) is 35.6. The first kappa shape index (κ1) is 55.6. The molecule has 18 rings (SSSR count). The number of amides is 1. The van der Waals surface area contributed by atoms with Gasteiger partial charge in [-0.05, 0) is 207 Å². The van der Waals surface area contributed by atoms with Crippen LogP contribution in [0, 0.1) is 41.6 Å². The average molecular weight is 1210 g/mol. The first-order chi connectivity index (χ1) is 43.2. The summed E-state index contributed by atoms with van der Waals surface area (Å²) in [5.41, 5.74) is 7.62. The normalized spacial score (nSPS) is 36.4. The fraction of sp³-hybridized carbons (Fsp3) is 0.568. The van der Waals surface area contributed by atoms with Gasteiger partial charge in [-0.1, -0.05) is 55.9 Å². The smallest absolute Gasteiger partial charge is 0.254 e. The second kappa shape index (κ2) is 19.9. The number of hydrogen-bond acceptors (Lipinski definition) is 13. The molecule has 464 valence electrons. The maximum Gasteiger partial charge on any atom is 0.254 e. The highest BCUT2D eigenvalue weighted by molar-refractivity contribution is 6.17. The Kier molecular flexibility index (Phi) is 12.4. The van der Waals surface area contributed by atoms with Gasteiger partial charge in [-0.15, -0.1) is 0 Å². The zero-order chi connectivity index (χ0) is 60.2. The molecule has 7 N–H and O–H groups in total. The fourth-order valence-corrected chi connectivity index (χ4v) is 21.5. The predicted octanol–water partition coefficient (Wildman–Crippen LogP) is 10.1. The van der Waals surface area contributed by atoms with Crippen LogP contribution >= 0.6 is 0 Å². The van der Waals surface area contributed by atoms with Gasteiger partial charge in [-0.3, -0.25) is 9.59 Å². The van der Waals surface area contributed by atoms with E-state index < -0.39 is 66.0 Å². The van der Waals surface area contributed by atoms with Gasteiger partial charge in [-0.25, -0.2) is 0 Å². The Labute approximate surface area is 517 Å². The number of aliphatic hydroxyl groups excluding tert-OH is 2. The molecule has 4 aromatic carbocycles. The van der Waals surface area contributed by atoms with Crippen LogP contribution in [-0.4, -0.2) is 120 Å². The van der Waals surface area contributed by atoms with Gasteiger partial charge in [0.2, 0.25) is 6.29 Å². The van der Waals surface area contributed by atoms with Crippen LogP contribution in [0.2, 0.25) is 0 Å². The molecular formula is C74H80N2O13. The molecule has 15 heteroatoms. The molecule has 5 aliphatic heterocycles. The number of Topliss-reactive ketones (excluding diaryl/α,β-unsaturated/α-hetero) is 1. The number of hydrogen-bond donors (Lipinski definition) is 7. The number of allylic oxidation sites excluding steroid dienone is 2. The zero-order valence-electron chi connectivity index (χ0n) is 50.7. The summed E-state index contributed by atoms with van der Waals surface area (Å²) in [6.07, 6.45) is 20.0. The fourth-order valence-electron chi connectivity index (χ4n) is 21.5. The van der Waals surface area contributed by atoms with Crippen LogP contribution in [0.25, 0.3) is 33.3 Å². The van der Waals surface area contributed by atoms with Crippen molar-refractivity contribution in [1.29, 1.82) is 0 Å². The van der Waals surface area contributed by atoms with Crippen molar-refractivity contribution in [2.24, 2.45) is 29.6 Å². The van der Waals surface area contributed by atoms with Crippen molar-refractivity contribution >= 4 is 45.0 Å². The number of nitrogens with zero attached hydrogens (tertiary/aromatic N) is 1. The summed E-state index contributed by atoms with van der Waals surface area (Å²) in [6, 6.07) is 7.81. The molecular weight excluding hydrogens is 1120 g/mol. The van der Waals surface area contributed by atoms with E-state index in [1.54, 1.807) is 24.1 Å². The topological polar surface area (TPSA) is 221 Å². The van der Waals surface area contributed by atoms with E-state index in [1.165, 1.54) is 16.7 Å². The van der Waals surface area contributed by atoms with Crippen LogP contribution < -0.4 is 9.47 Å². The number of methoxy groups -OCH3 is 1. The molecule has 13 aliphatic rings. The van der Waals surface area contributed by atoms with Gasteiger partial charge in [0.15, 0.2) is 17.5 Å². The number of carbonyl (C=O) groups is 2. The van der Waals surface area contributed by atoms with Gasteiger partial charge in [0.25, 0.3) is 5.91 Å². The third kappa shape index (κ3) is 7.89. The Balaban J connectivity index is 0.913. The Morgan fingerprint density at radius 1 is 0.865 bits per heavy atom. The number of carbonyl (C=O) groups excluding carboxylic acids is 2. The van der Waals surface area contributed by atoms with Crippen molar-refractivity contribution in [2.75, 3.05) is 20.3 Å². The summed E-state index contributed by atoms with van der Waals surface area (Å²) in [6.45, 7) is -1.17. The quantitative estimate of drug-likeness (QED) is 0.0816. The summed E-state index contributed by atoms with van der Waals surface area (Å²) in [5.74, 6) is 3.01. The zero-order valence-corrected chi connectivity index (χ0v) is 50.7. The number of aromatic nitrogens is 1. The Hall–Kier alpha value is -6.22. The van der Waals surface area contributed by atoms with E-state index >= 15 is 4.79 Å². The van der Waals surface area contributed by atoms with Crippen molar-refractivity contribution < 1.29 is 63.9 Å². The minimum Gasteiger partial charge on any atom is -0.506 e. The average Bonchev–Trinajstić information content (AvgIpc) is 1.57. The maximum absolute atomic E-state index is 15.8. The second-order valence-corrected chi connectivity index (χ2v) is 29.8. The molecule has 1 saturated heterocycles. The molecule has 5 aromatic rings. The molecule has 1 amide bonds. The van der Waals surface area contributed by atoms with Crippen LogP contribution in [0.4, 0.5) is 0 Å². The monoisotopic (exact) mass is 1200 g/mol. The summed E-state index contributed by atoms with van der Waals surface area (Å²) in [7, 11) is 1.62. The molecule has 12 bridgehead atoms. The van der Waals surface area contributed by atoms with Gasteiger partial charge in [-0.2, -0.15) is 0 Å². The number of ketones is 1. The number of aromatic amines is 1. The molecule has 1 aromatic heterocycles. The predicted molar refractivity (Wildman–Crippen MR) is 330 cm³/mol. The van der Waals surface area contributed by atoms with Gasteiger partial charge >= 0.3 is 0 Å². The number of fused-ring (bicyclic) bond motifs is 13. The third-order valence-electron chi connectivity index (χ3n) is 25.4. The first-order valence-electron chi connectivity index (χ1n) is 33.7. The van der Waals surface area contributed by atoms with Gasteiger partial charge in [0.1, 0.15) is 41.7 Å². The van der Waals surface area contributed by atoms with Crippen LogP contribution in [0.3, 0.4) is 0 Å². The van der Waals surface area contributed by atoms with E-state index in [9.17, 15) is 35.4 Å². The number of benzene rings is 4. The van der Waals surface area contributed by atoms with Crippen LogP contribution in [0.15, 0.2) is 42.6 Å². The number of rotatable bonds is 5. The minimum absolute atomic E-state index is 0.0233. The van der Waals surface area contributed by atoms with Gasteiger partial charge in [0.05, 0.1) is 54.1 Å². The highest BCUT2D eigenvalue weighted by Gasteiger charge is 2.63. The number of phenolic OH excluding ortho intramolecular Hbond substituents is 1. The van der Waals surface area contributed by atoms with Crippen molar-refractivity contribution in [3.05, 3.63) is 109 Å². The Morgan fingerprint density at radius 3 is 2.60 bits per heavy atom. The number of aromatic hydroxyl groups is 1. The van der Waals surface area contributed by atoms with Crippen LogP contribution in [0.5, 0.6) is 17.2 Å². The number of H-pyrrole nitrogens is 1. The lowest BCUT2D eigenvalue weighted by Crippen LogP contribution is -2.71. The molecule has 15 nitrogen and oxygen atoms in total. The molecule has 15 atom stereocenters. The van der Waals surface area contributed by atoms with E-state index in [0.29, 0.717) is 73.1 Å². The number of aryl methyl sites for hydroxylation is 2. The number of nitrogens with one attached hydrogen (secondary N) is 1. The van der Waals surface area contributed by atoms with Gasteiger partial charge in [0, 0.05) is 57.6 Å². The molecule has 4 saturated carbocycles. The molecule has 15 unspecified atom stereocenters. The lowest BCUT2D eigenvalue weighted by molar-refractivity contribution is -0.340. The summed E-state index contributed by atoms with van der Waals surface area (Å²) >= 11 is 0. The van der Waals surface area contributed by atoms with Crippen molar-refractivity contribution in [1.82, 2.24) is 9.88 Å². The number of phenols is 1. The van der Waals surface area contributed by atoms with Crippen LogP contribution in [0.1, 0.15) is 204 Å². The molecule has 1 spiro atoms. The van der Waals surface area contributed by atoms with E-state index in [-0.39, 0.29) is 82.9 Å². The van der Waals surface area contributed by atoms with Crippen molar-refractivity contribution in [2.45, 2.75) is 213 Å². The summed E-state index contributed by atoms with van der Waals surface area (Å²) < 4.78 is 35.9. The number of ether oxygens (including phenoxy) is 5. The van der Waals surface area contributed by atoms with E-state index in [4.69, 9.17) is 23.7 Å². The van der Waals surface area contributed by atoms with Crippen molar-refractivity contribution in [3.8, 4) is 29.3 Å². The minimum atomic E-state index is -2.54.